The monoisotopic (exact) mass is 340 g/mol. The molecular weight excluding hydrogens is 316 g/mol. The number of carbonyl (C=O) groups is 1. The summed E-state index contributed by atoms with van der Waals surface area (Å²) in [4.78, 5) is 15.0. The largest absolute Gasteiger partial charge is 0.497 e. The smallest absolute Gasteiger partial charge is 0.255 e. The summed E-state index contributed by atoms with van der Waals surface area (Å²) in [5, 5.41) is 2.98. The second-order valence-corrected chi connectivity index (χ2v) is 6.25. The van der Waals surface area contributed by atoms with Gasteiger partial charge in [0.05, 0.1) is 14.2 Å². The molecule has 5 heteroatoms. The van der Waals surface area contributed by atoms with Gasteiger partial charge in [-0.15, -0.1) is 0 Å². The summed E-state index contributed by atoms with van der Waals surface area (Å²) >= 11 is 0. The highest BCUT2D eigenvalue weighted by Gasteiger charge is 2.15. The third-order valence-electron chi connectivity index (χ3n) is 4.54. The van der Waals surface area contributed by atoms with Crippen molar-refractivity contribution in [3.63, 3.8) is 0 Å². The fraction of sp³-hybridized carbons (Fsp3) is 0.350. The number of hydrogen-bond acceptors (Lipinski definition) is 4. The zero-order valence-electron chi connectivity index (χ0n) is 15.0. The van der Waals surface area contributed by atoms with Crippen LogP contribution in [0.5, 0.6) is 11.5 Å². The van der Waals surface area contributed by atoms with Crippen molar-refractivity contribution in [2.45, 2.75) is 19.8 Å². The Morgan fingerprint density at radius 2 is 1.64 bits per heavy atom. The molecule has 0 radical (unpaired) electrons. The molecule has 0 aromatic heterocycles. The summed E-state index contributed by atoms with van der Waals surface area (Å²) < 4.78 is 10.5. The molecule has 0 bridgehead atoms. The van der Waals surface area contributed by atoms with Gasteiger partial charge in [0.2, 0.25) is 0 Å². The van der Waals surface area contributed by atoms with E-state index in [0.717, 1.165) is 24.3 Å². The summed E-state index contributed by atoms with van der Waals surface area (Å²) in [6.07, 6.45) is 2.49. The Morgan fingerprint density at radius 3 is 2.20 bits per heavy atom. The number of carbonyl (C=O) groups excluding carboxylic acids is 1. The van der Waals surface area contributed by atoms with Gasteiger partial charge in [0, 0.05) is 36.1 Å². The molecule has 1 heterocycles. The van der Waals surface area contributed by atoms with E-state index in [1.165, 1.54) is 18.5 Å². The molecule has 1 aliphatic rings. The minimum Gasteiger partial charge on any atom is -0.497 e. The van der Waals surface area contributed by atoms with Crippen LogP contribution < -0.4 is 19.7 Å². The maximum atomic E-state index is 12.6. The summed E-state index contributed by atoms with van der Waals surface area (Å²) in [6, 6.07) is 11.3. The van der Waals surface area contributed by atoms with Gasteiger partial charge in [-0.05, 0) is 55.7 Å². The molecule has 0 aliphatic carbocycles. The third-order valence-corrected chi connectivity index (χ3v) is 4.54. The molecule has 5 nitrogen and oxygen atoms in total. The van der Waals surface area contributed by atoms with E-state index in [9.17, 15) is 4.79 Å². The predicted octanol–water partition coefficient (Wildman–Crippen LogP) is 3.86. The van der Waals surface area contributed by atoms with Crippen molar-refractivity contribution in [3.8, 4) is 11.5 Å². The van der Waals surface area contributed by atoms with Crippen molar-refractivity contribution in [2.24, 2.45) is 0 Å². The van der Waals surface area contributed by atoms with Crippen LogP contribution in [0.4, 0.5) is 11.4 Å². The molecule has 0 saturated carbocycles. The topological polar surface area (TPSA) is 50.8 Å². The number of rotatable bonds is 5. The summed E-state index contributed by atoms with van der Waals surface area (Å²) in [5.41, 5.74) is 3.58. The van der Waals surface area contributed by atoms with Crippen molar-refractivity contribution in [1.29, 1.82) is 0 Å². The van der Waals surface area contributed by atoms with Gasteiger partial charge in [-0.1, -0.05) is 0 Å². The number of methoxy groups -OCH3 is 2. The molecule has 0 spiro atoms. The molecule has 3 rings (SSSR count). The Bertz CT molecular complexity index is 745. The molecule has 2 aromatic carbocycles. The average Bonchev–Trinajstić information content (AvgIpc) is 3.17. The lowest BCUT2D eigenvalue weighted by atomic mass is 10.1. The maximum absolute atomic E-state index is 12.6. The number of aryl methyl sites for hydroxylation is 1. The van der Waals surface area contributed by atoms with E-state index < -0.39 is 0 Å². The number of hydrogen-bond donors (Lipinski definition) is 1. The Balaban J connectivity index is 1.78. The highest BCUT2D eigenvalue weighted by atomic mass is 16.5. The normalized spacial score (nSPS) is 13.6. The second-order valence-electron chi connectivity index (χ2n) is 6.25. The zero-order chi connectivity index (χ0) is 17.8. The van der Waals surface area contributed by atoms with Crippen molar-refractivity contribution in [2.75, 3.05) is 37.5 Å². The van der Waals surface area contributed by atoms with Crippen LogP contribution in [-0.4, -0.2) is 33.2 Å². The highest BCUT2D eigenvalue weighted by Crippen LogP contribution is 2.27. The van der Waals surface area contributed by atoms with E-state index in [1.807, 2.05) is 13.0 Å². The van der Waals surface area contributed by atoms with Crippen LogP contribution in [0.25, 0.3) is 0 Å². The molecule has 1 fully saturated rings. The van der Waals surface area contributed by atoms with Crippen LogP contribution in [0.3, 0.4) is 0 Å². The van der Waals surface area contributed by atoms with E-state index in [4.69, 9.17) is 9.47 Å². The first-order valence-corrected chi connectivity index (χ1v) is 8.51. The van der Waals surface area contributed by atoms with Crippen LogP contribution in [-0.2, 0) is 0 Å². The number of benzene rings is 2. The van der Waals surface area contributed by atoms with Gasteiger partial charge in [-0.25, -0.2) is 0 Å². The van der Waals surface area contributed by atoms with E-state index in [-0.39, 0.29) is 5.91 Å². The third kappa shape index (κ3) is 3.87. The molecule has 132 valence electrons. The predicted molar refractivity (Wildman–Crippen MR) is 100 cm³/mol. The van der Waals surface area contributed by atoms with Gasteiger partial charge in [-0.2, -0.15) is 0 Å². The van der Waals surface area contributed by atoms with Crippen LogP contribution >= 0.6 is 0 Å². The van der Waals surface area contributed by atoms with E-state index in [1.54, 1.807) is 32.4 Å². The van der Waals surface area contributed by atoms with Crippen molar-refractivity contribution >= 4 is 17.3 Å². The van der Waals surface area contributed by atoms with Crippen LogP contribution in [0.1, 0.15) is 28.8 Å². The first kappa shape index (κ1) is 17.1. The van der Waals surface area contributed by atoms with Gasteiger partial charge in [0.1, 0.15) is 11.5 Å². The molecule has 0 unspecified atom stereocenters. The minimum atomic E-state index is -0.186. The molecular formula is C20H24N2O3. The second kappa shape index (κ2) is 7.47. The molecule has 0 atom stereocenters. The van der Waals surface area contributed by atoms with Crippen LogP contribution in [0, 0.1) is 6.92 Å². The lowest BCUT2D eigenvalue weighted by Crippen LogP contribution is -2.18. The van der Waals surface area contributed by atoms with Gasteiger partial charge in [-0.3, -0.25) is 4.79 Å². The fourth-order valence-corrected chi connectivity index (χ4v) is 3.09. The van der Waals surface area contributed by atoms with Crippen molar-refractivity contribution < 1.29 is 14.3 Å². The first-order valence-electron chi connectivity index (χ1n) is 8.51. The van der Waals surface area contributed by atoms with Crippen LogP contribution in [0.15, 0.2) is 36.4 Å². The Kier molecular flexibility index (Phi) is 5.12. The molecule has 1 saturated heterocycles. The summed E-state index contributed by atoms with van der Waals surface area (Å²) in [5.74, 6) is 0.991. The molecule has 25 heavy (non-hydrogen) atoms. The first-order chi connectivity index (χ1) is 12.1. The van der Waals surface area contributed by atoms with Gasteiger partial charge in [0.15, 0.2) is 0 Å². The van der Waals surface area contributed by atoms with Crippen molar-refractivity contribution in [1.82, 2.24) is 0 Å². The number of anilines is 2. The van der Waals surface area contributed by atoms with Gasteiger partial charge < -0.3 is 19.7 Å². The van der Waals surface area contributed by atoms with Crippen molar-refractivity contribution in [3.05, 3.63) is 47.5 Å². The molecule has 1 aliphatic heterocycles. The van der Waals surface area contributed by atoms with Crippen LogP contribution in [0.2, 0.25) is 0 Å². The zero-order valence-corrected chi connectivity index (χ0v) is 15.0. The molecule has 1 N–H and O–H groups in total. The average molecular weight is 340 g/mol. The quantitative estimate of drug-likeness (QED) is 0.898. The maximum Gasteiger partial charge on any atom is 0.255 e. The number of ether oxygens (including phenoxy) is 2. The van der Waals surface area contributed by atoms with E-state index in [0.29, 0.717) is 17.1 Å². The fourth-order valence-electron chi connectivity index (χ4n) is 3.09. The molecule has 1 amide bonds. The number of nitrogens with one attached hydrogen (secondary N) is 1. The number of nitrogens with zero attached hydrogens (tertiary/aromatic N) is 1. The Hall–Kier alpha value is -2.69. The lowest BCUT2D eigenvalue weighted by molar-refractivity contribution is 0.102. The van der Waals surface area contributed by atoms with Gasteiger partial charge in [0.25, 0.3) is 5.91 Å². The summed E-state index contributed by atoms with van der Waals surface area (Å²) in [6.45, 7) is 4.23. The highest BCUT2D eigenvalue weighted by molar-refractivity contribution is 6.05. The lowest BCUT2D eigenvalue weighted by Gasteiger charge is -2.19. The SMILES string of the molecule is COc1cc(OC)cc(C(=O)Nc2ccc(N3CCCC3)cc2C)c1. The number of amides is 1. The Labute approximate surface area is 148 Å². The minimum absolute atomic E-state index is 0.186. The van der Waals surface area contributed by atoms with E-state index >= 15 is 0 Å². The molecule has 2 aromatic rings. The summed E-state index contributed by atoms with van der Waals surface area (Å²) in [7, 11) is 3.13. The standard InChI is InChI=1S/C20H24N2O3/c1-14-10-16(22-8-4-5-9-22)6-7-19(14)21-20(23)15-11-17(24-2)13-18(12-15)25-3/h6-7,10-13H,4-5,8-9H2,1-3H3,(H,21,23). The Morgan fingerprint density at radius 1 is 1.00 bits per heavy atom. The van der Waals surface area contributed by atoms with E-state index in [2.05, 4.69) is 22.3 Å². The van der Waals surface area contributed by atoms with Gasteiger partial charge >= 0.3 is 0 Å².